The number of hydrogen-bond donors (Lipinski definition) is 2. The maximum absolute atomic E-state index is 12.1. The third-order valence-electron chi connectivity index (χ3n) is 3.05. The molecule has 0 saturated heterocycles. The summed E-state index contributed by atoms with van der Waals surface area (Å²) in [5.74, 6) is -0.664. The van der Waals surface area contributed by atoms with Crippen LogP contribution in [-0.2, 0) is 16.0 Å². The van der Waals surface area contributed by atoms with Crippen molar-refractivity contribution in [1.29, 1.82) is 0 Å². The molecular formula is C16H15N3O4. The van der Waals surface area contributed by atoms with E-state index in [9.17, 15) is 19.7 Å². The minimum atomic E-state index is -0.520. The molecule has 0 spiro atoms. The summed E-state index contributed by atoms with van der Waals surface area (Å²) in [6, 6.07) is 12.8. The summed E-state index contributed by atoms with van der Waals surface area (Å²) in [7, 11) is 0. The quantitative estimate of drug-likeness (QED) is 0.654. The van der Waals surface area contributed by atoms with Gasteiger partial charge in [0.1, 0.15) is 0 Å². The highest BCUT2D eigenvalue weighted by atomic mass is 16.6. The van der Waals surface area contributed by atoms with E-state index in [2.05, 4.69) is 10.6 Å². The molecule has 0 bridgehead atoms. The Labute approximate surface area is 132 Å². The molecule has 0 aromatic heterocycles. The molecular weight excluding hydrogens is 298 g/mol. The molecule has 7 heteroatoms. The molecule has 0 atom stereocenters. The molecule has 118 valence electrons. The zero-order valence-electron chi connectivity index (χ0n) is 12.4. The molecule has 2 aromatic rings. The highest BCUT2D eigenvalue weighted by molar-refractivity contribution is 5.99. The highest BCUT2D eigenvalue weighted by Crippen LogP contribution is 2.22. The number of nitrogens with zero attached hydrogens (tertiary/aromatic N) is 1. The van der Waals surface area contributed by atoms with Gasteiger partial charge in [-0.3, -0.25) is 19.7 Å². The van der Waals surface area contributed by atoms with E-state index < -0.39 is 10.8 Å². The van der Waals surface area contributed by atoms with Gasteiger partial charge in [-0.1, -0.05) is 30.3 Å². The Balaban J connectivity index is 2.15. The summed E-state index contributed by atoms with van der Waals surface area (Å²) in [5, 5.41) is 16.2. The van der Waals surface area contributed by atoms with Gasteiger partial charge in [0, 0.05) is 18.6 Å². The van der Waals surface area contributed by atoms with Gasteiger partial charge in [0.05, 0.1) is 22.7 Å². The summed E-state index contributed by atoms with van der Waals surface area (Å²) >= 11 is 0. The molecule has 0 aliphatic carbocycles. The van der Waals surface area contributed by atoms with Crippen LogP contribution in [0.1, 0.15) is 12.5 Å². The molecule has 23 heavy (non-hydrogen) atoms. The van der Waals surface area contributed by atoms with Crippen LogP contribution in [0.2, 0.25) is 0 Å². The van der Waals surface area contributed by atoms with E-state index >= 15 is 0 Å². The van der Waals surface area contributed by atoms with Gasteiger partial charge in [0.15, 0.2) is 0 Å². The number of amides is 2. The molecule has 2 amide bonds. The van der Waals surface area contributed by atoms with Gasteiger partial charge in [-0.2, -0.15) is 0 Å². The van der Waals surface area contributed by atoms with Crippen molar-refractivity contribution >= 4 is 28.9 Å². The number of benzene rings is 2. The van der Waals surface area contributed by atoms with Crippen molar-refractivity contribution in [3.8, 4) is 0 Å². The fraction of sp³-hybridized carbons (Fsp3) is 0.125. The number of nitrogens with one attached hydrogen (secondary N) is 2. The van der Waals surface area contributed by atoms with E-state index in [-0.39, 0.29) is 18.0 Å². The van der Waals surface area contributed by atoms with Crippen molar-refractivity contribution in [2.24, 2.45) is 0 Å². The molecule has 0 saturated carbocycles. The first kappa shape index (κ1) is 16.2. The number of anilines is 2. The van der Waals surface area contributed by atoms with Gasteiger partial charge in [0.2, 0.25) is 11.8 Å². The number of carbonyl (C=O) groups excluding carboxylic acids is 2. The minimum absolute atomic E-state index is 0.0993. The molecule has 0 aliphatic rings. The molecule has 7 nitrogen and oxygen atoms in total. The molecule has 2 aromatic carbocycles. The first-order valence-corrected chi connectivity index (χ1v) is 6.86. The van der Waals surface area contributed by atoms with Gasteiger partial charge in [-0.05, 0) is 12.1 Å². The molecule has 2 N–H and O–H groups in total. The third kappa shape index (κ3) is 4.37. The van der Waals surface area contributed by atoms with Crippen molar-refractivity contribution in [2.45, 2.75) is 13.3 Å². The highest BCUT2D eigenvalue weighted by Gasteiger charge is 2.16. The molecule has 0 radical (unpaired) electrons. The smallest absolute Gasteiger partial charge is 0.273 e. The average molecular weight is 313 g/mol. The van der Waals surface area contributed by atoms with E-state index in [0.717, 1.165) is 0 Å². The Morgan fingerprint density at radius 1 is 1.00 bits per heavy atom. The molecule has 0 heterocycles. The predicted molar refractivity (Wildman–Crippen MR) is 86.2 cm³/mol. The molecule has 0 fully saturated rings. The number of para-hydroxylation sites is 3. The van der Waals surface area contributed by atoms with Crippen LogP contribution in [-0.4, -0.2) is 16.7 Å². The van der Waals surface area contributed by atoms with E-state index in [4.69, 9.17) is 0 Å². The third-order valence-corrected chi connectivity index (χ3v) is 3.05. The van der Waals surface area contributed by atoms with Crippen molar-refractivity contribution in [1.82, 2.24) is 0 Å². The maximum atomic E-state index is 12.1. The van der Waals surface area contributed by atoms with E-state index in [1.807, 2.05) is 0 Å². The molecule has 0 unspecified atom stereocenters. The van der Waals surface area contributed by atoms with Crippen LogP contribution in [0.25, 0.3) is 0 Å². The lowest BCUT2D eigenvalue weighted by Gasteiger charge is -2.11. The summed E-state index contributed by atoms with van der Waals surface area (Å²) < 4.78 is 0. The Morgan fingerprint density at radius 2 is 1.57 bits per heavy atom. The van der Waals surface area contributed by atoms with Crippen LogP contribution in [0.4, 0.5) is 17.1 Å². The molecule has 0 aliphatic heterocycles. The Bertz CT molecular complexity index is 758. The van der Waals surface area contributed by atoms with Gasteiger partial charge in [0.25, 0.3) is 5.69 Å². The second-order valence-electron chi connectivity index (χ2n) is 4.84. The van der Waals surface area contributed by atoms with Crippen LogP contribution in [0.15, 0.2) is 48.5 Å². The fourth-order valence-electron chi connectivity index (χ4n) is 2.10. The van der Waals surface area contributed by atoms with Crippen LogP contribution in [0, 0.1) is 10.1 Å². The average Bonchev–Trinajstić information content (AvgIpc) is 2.49. The zero-order chi connectivity index (χ0) is 16.8. The topological polar surface area (TPSA) is 101 Å². The fourth-order valence-corrected chi connectivity index (χ4v) is 2.10. The number of nitro benzene ring substituents is 1. The van der Waals surface area contributed by atoms with Crippen LogP contribution in [0.3, 0.4) is 0 Å². The predicted octanol–water partition coefficient (Wildman–Crippen LogP) is 2.73. The van der Waals surface area contributed by atoms with E-state index in [0.29, 0.717) is 16.9 Å². The minimum Gasteiger partial charge on any atom is -0.325 e. The first-order chi connectivity index (χ1) is 11.0. The Kier molecular flexibility index (Phi) is 5.03. The second-order valence-corrected chi connectivity index (χ2v) is 4.84. The number of nitro groups is 1. The monoisotopic (exact) mass is 313 g/mol. The normalized spacial score (nSPS) is 9.96. The van der Waals surface area contributed by atoms with Crippen molar-refractivity contribution in [3.63, 3.8) is 0 Å². The van der Waals surface area contributed by atoms with Crippen molar-refractivity contribution in [3.05, 3.63) is 64.2 Å². The van der Waals surface area contributed by atoms with E-state index in [1.165, 1.54) is 19.1 Å². The van der Waals surface area contributed by atoms with Gasteiger partial charge in [-0.15, -0.1) is 0 Å². The summed E-state index contributed by atoms with van der Waals surface area (Å²) in [6.07, 6.45) is -0.133. The van der Waals surface area contributed by atoms with Gasteiger partial charge >= 0.3 is 0 Å². The number of carbonyl (C=O) groups is 2. The zero-order valence-corrected chi connectivity index (χ0v) is 12.4. The van der Waals surface area contributed by atoms with Crippen LogP contribution < -0.4 is 10.6 Å². The van der Waals surface area contributed by atoms with Crippen molar-refractivity contribution in [2.75, 3.05) is 10.6 Å². The number of rotatable bonds is 5. The Hall–Kier alpha value is -3.22. The largest absolute Gasteiger partial charge is 0.325 e. The summed E-state index contributed by atoms with van der Waals surface area (Å²) in [6.45, 7) is 1.37. The first-order valence-electron chi connectivity index (χ1n) is 6.86. The van der Waals surface area contributed by atoms with Gasteiger partial charge < -0.3 is 10.6 Å². The van der Waals surface area contributed by atoms with Gasteiger partial charge in [-0.25, -0.2) is 0 Å². The molecule has 2 rings (SSSR count). The lowest BCUT2D eigenvalue weighted by Crippen LogP contribution is -2.17. The lowest BCUT2D eigenvalue weighted by atomic mass is 10.1. The maximum Gasteiger partial charge on any atom is 0.273 e. The Morgan fingerprint density at radius 3 is 2.17 bits per heavy atom. The van der Waals surface area contributed by atoms with Crippen molar-refractivity contribution < 1.29 is 14.5 Å². The van der Waals surface area contributed by atoms with Crippen LogP contribution in [0.5, 0.6) is 0 Å². The summed E-state index contributed by atoms with van der Waals surface area (Å²) in [5.41, 5.74) is 1.13. The second kappa shape index (κ2) is 7.17. The SMILES string of the molecule is CC(=O)Nc1ccccc1NC(=O)Cc1ccccc1[N+](=O)[O-]. The lowest BCUT2D eigenvalue weighted by molar-refractivity contribution is -0.385. The van der Waals surface area contributed by atoms with Crippen LogP contribution >= 0.6 is 0 Å². The van der Waals surface area contributed by atoms with E-state index in [1.54, 1.807) is 36.4 Å². The summed E-state index contributed by atoms with van der Waals surface area (Å²) in [4.78, 5) is 33.8. The standard InChI is InChI=1S/C16H15N3O4/c1-11(20)17-13-7-3-4-8-14(13)18-16(21)10-12-6-2-5-9-15(12)19(22)23/h2-9H,10H2,1H3,(H,17,20)(H,18,21). The number of hydrogen-bond acceptors (Lipinski definition) is 4.